The summed E-state index contributed by atoms with van der Waals surface area (Å²) in [5.41, 5.74) is 0.186. The summed E-state index contributed by atoms with van der Waals surface area (Å²) in [5.74, 6) is 0.896. The maximum absolute atomic E-state index is 12.3. The largest absolute Gasteiger partial charge is 0.476 e. The van der Waals surface area contributed by atoms with Crippen LogP contribution in [0.5, 0.6) is 5.75 Å². The summed E-state index contributed by atoms with van der Waals surface area (Å²) in [6.07, 6.45) is 2.21. The van der Waals surface area contributed by atoms with Gasteiger partial charge < -0.3 is 9.64 Å². The zero-order valence-corrected chi connectivity index (χ0v) is 9.56. The number of carbonyl (C=O) groups excluding carboxylic acids is 1. The van der Waals surface area contributed by atoms with Crippen LogP contribution in [0, 0.1) is 0 Å². The number of rotatable bonds is 1. The van der Waals surface area contributed by atoms with Gasteiger partial charge in [0.15, 0.2) is 5.60 Å². The molecule has 0 N–H and O–H groups in total. The summed E-state index contributed by atoms with van der Waals surface area (Å²) in [6, 6.07) is 8.16. The van der Waals surface area contributed by atoms with E-state index in [1.165, 1.54) is 0 Å². The number of hydrogen-bond donors (Lipinski definition) is 0. The number of ether oxygens (including phenoxy) is 1. The Morgan fingerprint density at radius 1 is 1.31 bits per heavy atom. The molecular weight excluding hydrogens is 202 g/mol. The van der Waals surface area contributed by atoms with E-state index in [0.29, 0.717) is 6.04 Å². The summed E-state index contributed by atoms with van der Waals surface area (Å²) < 4.78 is 5.75. The molecule has 2 aliphatic rings. The van der Waals surface area contributed by atoms with Gasteiger partial charge in [-0.25, -0.2) is 0 Å². The van der Waals surface area contributed by atoms with Gasteiger partial charge in [0.1, 0.15) is 5.75 Å². The highest BCUT2D eigenvalue weighted by Gasteiger charge is 2.46. The minimum atomic E-state index is -0.739. The van der Waals surface area contributed by atoms with E-state index in [-0.39, 0.29) is 5.91 Å². The minimum Gasteiger partial charge on any atom is -0.476 e. The van der Waals surface area contributed by atoms with E-state index in [1.807, 2.05) is 43.0 Å². The molecule has 0 bridgehead atoms. The van der Waals surface area contributed by atoms with E-state index >= 15 is 0 Å². The minimum absolute atomic E-state index is 0.0775. The summed E-state index contributed by atoms with van der Waals surface area (Å²) in [6.45, 7) is 3.67. The summed E-state index contributed by atoms with van der Waals surface area (Å²) in [7, 11) is 0. The number of para-hydroxylation sites is 2. The van der Waals surface area contributed by atoms with Crippen LogP contribution in [0.25, 0.3) is 0 Å². The van der Waals surface area contributed by atoms with Crippen LogP contribution in [0.1, 0.15) is 26.7 Å². The van der Waals surface area contributed by atoms with Crippen LogP contribution in [-0.2, 0) is 4.79 Å². The predicted octanol–water partition coefficient (Wildman–Crippen LogP) is 2.35. The fourth-order valence-corrected chi connectivity index (χ4v) is 2.16. The molecule has 1 aliphatic heterocycles. The molecule has 1 amide bonds. The second kappa shape index (κ2) is 3.00. The number of fused-ring (bicyclic) bond motifs is 1. The second-order valence-electron chi connectivity index (χ2n) is 4.99. The van der Waals surface area contributed by atoms with Crippen molar-refractivity contribution in [1.29, 1.82) is 0 Å². The third-order valence-corrected chi connectivity index (χ3v) is 3.14. The number of hydrogen-bond acceptors (Lipinski definition) is 2. The lowest BCUT2D eigenvalue weighted by Gasteiger charge is -2.38. The van der Waals surface area contributed by atoms with Gasteiger partial charge >= 0.3 is 0 Å². The molecule has 0 radical (unpaired) electrons. The zero-order valence-electron chi connectivity index (χ0n) is 9.56. The van der Waals surface area contributed by atoms with Crippen molar-refractivity contribution in [3.8, 4) is 5.75 Å². The highest BCUT2D eigenvalue weighted by atomic mass is 16.5. The van der Waals surface area contributed by atoms with Crippen molar-refractivity contribution in [2.45, 2.75) is 38.3 Å². The maximum Gasteiger partial charge on any atom is 0.270 e. The molecule has 84 valence electrons. The van der Waals surface area contributed by atoms with Crippen LogP contribution in [0.4, 0.5) is 5.69 Å². The first-order chi connectivity index (χ1) is 7.59. The Morgan fingerprint density at radius 2 is 2.00 bits per heavy atom. The van der Waals surface area contributed by atoms with Gasteiger partial charge in [-0.1, -0.05) is 12.1 Å². The van der Waals surface area contributed by atoms with Gasteiger partial charge in [0.25, 0.3) is 5.91 Å². The first-order valence-electron chi connectivity index (χ1n) is 5.71. The van der Waals surface area contributed by atoms with Gasteiger partial charge in [0.05, 0.1) is 5.69 Å². The molecule has 3 rings (SSSR count). The highest BCUT2D eigenvalue weighted by molar-refractivity contribution is 6.03. The Labute approximate surface area is 95.0 Å². The number of amides is 1. The van der Waals surface area contributed by atoms with Gasteiger partial charge in [-0.15, -0.1) is 0 Å². The molecular formula is C13H15NO2. The highest BCUT2D eigenvalue weighted by Crippen LogP contribution is 2.43. The van der Waals surface area contributed by atoms with Crippen molar-refractivity contribution in [2.24, 2.45) is 0 Å². The molecule has 1 aromatic carbocycles. The lowest BCUT2D eigenvalue weighted by molar-refractivity contribution is -0.132. The molecule has 0 spiro atoms. The van der Waals surface area contributed by atoms with Crippen molar-refractivity contribution in [1.82, 2.24) is 0 Å². The molecule has 0 saturated heterocycles. The predicted molar refractivity (Wildman–Crippen MR) is 61.7 cm³/mol. The average molecular weight is 217 g/mol. The van der Waals surface area contributed by atoms with Gasteiger partial charge in [-0.05, 0) is 38.8 Å². The number of carbonyl (C=O) groups is 1. The standard InChI is InChI=1S/C13H15NO2/c1-13(2)12(15)14(9-7-8-9)10-5-3-4-6-11(10)16-13/h3-6,9H,7-8H2,1-2H3. The number of nitrogens with zero attached hydrogens (tertiary/aromatic N) is 1. The molecule has 16 heavy (non-hydrogen) atoms. The van der Waals surface area contributed by atoms with Crippen molar-refractivity contribution >= 4 is 11.6 Å². The van der Waals surface area contributed by atoms with Crippen LogP contribution in [-0.4, -0.2) is 17.6 Å². The quantitative estimate of drug-likeness (QED) is 0.722. The molecule has 1 aromatic rings. The number of benzene rings is 1. The van der Waals surface area contributed by atoms with E-state index in [9.17, 15) is 4.79 Å². The van der Waals surface area contributed by atoms with Gasteiger partial charge in [-0.2, -0.15) is 0 Å². The molecule has 1 saturated carbocycles. The third kappa shape index (κ3) is 1.31. The first kappa shape index (κ1) is 9.70. The van der Waals surface area contributed by atoms with Gasteiger partial charge in [-0.3, -0.25) is 4.79 Å². The molecule has 3 heteroatoms. The summed E-state index contributed by atoms with van der Waals surface area (Å²) in [5, 5.41) is 0. The topological polar surface area (TPSA) is 29.5 Å². The van der Waals surface area contributed by atoms with E-state index in [1.54, 1.807) is 0 Å². The van der Waals surface area contributed by atoms with Crippen LogP contribution in [0.2, 0.25) is 0 Å². The molecule has 1 heterocycles. The van der Waals surface area contributed by atoms with E-state index < -0.39 is 5.60 Å². The Hall–Kier alpha value is -1.51. The molecule has 1 fully saturated rings. The van der Waals surface area contributed by atoms with Crippen LogP contribution >= 0.6 is 0 Å². The fraction of sp³-hybridized carbons (Fsp3) is 0.462. The normalized spacial score (nSPS) is 22.6. The Morgan fingerprint density at radius 3 is 2.69 bits per heavy atom. The Bertz CT molecular complexity index is 449. The van der Waals surface area contributed by atoms with Gasteiger partial charge in [0, 0.05) is 6.04 Å². The first-order valence-corrected chi connectivity index (χ1v) is 5.71. The van der Waals surface area contributed by atoms with Crippen LogP contribution in [0.3, 0.4) is 0 Å². The SMILES string of the molecule is CC1(C)Oc2ccccc2N(C2CC2)C1=O. The number of anilines is 1. The smallest absolute Gasteiger partial charge is 0.270 e. The van der Waals surface area contributed by atoms with E-state index in [0.717, 1.165) is 24.3 Å². The van der Waals surface area contributed by atoms with Crippen molar-refractivity contribution in [2.75, 3.05) is 4.90 Å². The maximum atomic E-state index is 12.3. The van der Waals surface area contributed by atoms with Crippen molar-refractivity contribution < 1.29 is 9.53 Å². The molecule has 1 aliphatic carbocycles. The van der Waals surface area contributed by atoms with E-state index in [4.69, 9.17) is 4.74 Å². The van der Waals surface area contributed by atoms with Gasteiger partial charge in [0.2, 0.25) is 0 Å². The fourth-order valence-electron chi connectivity index (χ4n) is 2.16. The van der Waals surface area contributed by atoms with E-state index in [2.05, 4.69) is 0 Å². The van der Waals surface area contributed by atoms with Crippen molar-refractivity contribution in [3.63, 3.8) is 0 Å². The summed E-state index contributed by atoms with van der Waals surface area (Å²) in [4.78, 5) is 14.2. The second-order valence-corrected chi connectivity index (χ2v) is 4.99. The van der Waals surface area contributed by atoms with Crippen LogP contribution < -0.4 is 9.64 Å². The average Bonchev–Trinajstić information content (AvgIpc) is 3.03. The Balaban J connectivity index is 2.12. The van der Waals surface area contributed by atoms with Crippen molar-refractivity contribution in [3.05, 3.63) is 24.3 Å². The third-order valence-electron chi connectivity index (χ3n) is 3.14. The van der Waals surface area contributed by atoms with Crippen LogP contribution in [0.15, 0.2) is 24.3 Å². The molecule has 0 aromatic heterocycles. The molecule has 3 nitrogen and oxygen atoms in total. The Kier molecular flexibility index (Phi) is 1.82. The lowest BCUT2D eigenvalue weighted by Crippen LogP contribution is -2.53. The lowest BCUT2D eigenvalue weighted by atomic mass is 10.0. The summed E-state index contributed by atoms with van der Waals surface area (Å²) >= 11 is 0. The molecule has 0 unspecified atom stereocenters. The molecule has 0 atom stereocenters. The monoisotopic (exact) mass is 217 g/mol. The zero-order chi connectivity index (χ0) is 11.3.